The molecule has 0 aliphatic heterocycles. The Kier molecular flexibility index (Phi) is 36.4. The minimum atomic E-state index is -0.0755. The van der Waals surface area contributed by atoms with Crippen LogP contribution in [0, 0.1) is 5.92 Å². The zero-order chi connectivity index (χ0) is 33.8. The SMILES string of the molecule is CCCCCCCCCCOC(=O)CCCN(CCCl)CCCCCC(=O)OCC(CCCCCCCC)CCCCCCCC. The van der Waals surface area contributed by atoms with Crippen LogP contribution >= 0.6 is 11.6 Å². The van der Waals surface area contributed by atoms with E-state index in [-0.39, 0.29) is 11.9 Å². The van der Waals surface area contributed by atoms with Gasteiger partial charge in [0.2, 0.25) is 0 Å². The predicted molar refractivity (Wildman–Crippen MR) is 199 cm³/mol. The molecule has 6 heteroatoms. The number of esters is 2. The zero-order valence-electron chi connectivity index (χ0n) is 31.1. The van der Waals surface area contributed by atoms with Gasteiger partial charge in [-0.05, 0) is 57.5 Å². The Labute approximate surface area is 292 Å². The van der Waals surface area contributed by atoms with Gasteiger partial charge in [0.25, 0.3) is 0 Å². The summed E-state index contributed by atoms with van der Waals surface area (Å²) < 4.78 is 11.2. The fourth-order valence-corrected chi connectivity index (χ4v) is 6.44. The summed E-state index contributed by atoms with van der Waals surface area (Å²) >= 11 is 6.05. The summed E-state index contributed by atoms with van der Waals surface area (Å²) in [7, 11) is 0. The highest BCUT2D eigenvalue weighted by Gasteiger charge is 2.13. The highest BCUT2D eigenvalue weighted by molar-refractivity contribution is 6.18. The van der Waals surface area contributed by atoms with Gasteiger partial charge in [0, 0.05) is 25.3 Å². The quantitative estimate of drug-likeness (QED) is 0.0374. The average molecular weight is 673 g/mol. The zero-order valence-corrected chi connectivity index (χ0v) is 31.8. The fourth-order valence-electron chi connectivity index (χ4n) is 6.20. The van der Waals surface area contributed by atoms with Crippen LogP contribution in [0.1, 0.15) is 201 Å². The molecule has 0 amide bonds. The van der Waals surface area contributed by atoms with Gasteiger partial charge in [-0.2, -0.15) is 0 Å². The van der Waals surface area contributed by atoms with E-state index >= 15 is 0 Å². The van der Waals surface area contributed by atoms with Crippen LogP contribution in [0.2, 0.25) is 0 Å². The number of rotatable bonds is 37. The number of unbranched alkanes of at least 4 members (excludes halogenated alkanes) is 19. The molecule has 0 fully saturated rings. The van der Waals surface area contributed by atoms with Crippen LogP contribution in [0.3, 0.4) is 0 Å². The number of nitrogens with zero attached hydrogens (tertiary/aromatic N) is 1. The van der Waals surface area contributed by atoms with E-state index in [1.165, 1.54) is 128 Å². The third kappa shape index (κ3) is 33.1. The smallest absolute Gasteiger partial charge is 0.305 e. The molecule has 46 heavy (non-hydrogen) atoms. The van der Waals surface area contributed by atoms with E-state index in [0.29, 0.717) is 37.9 Å². The van der Waals surface area contributed by atoms with E-state index in [1.54, 1.807) is 0 Å². The van der Waals surface area contributed by atoms with Crippen molar-refractivity contribution < 1.29 is 19.1 Å². The molecule has 0 aromatic rings. The maximum Gasteiger partial charge on any atom is 0.305 e. The van der Waals surface area contributed by atoms with Crippen LogP contribution in [-0.4, -0.2) is 55.6 Å². The fraction of sp³-hybridized carbons (Fsp3) is 0.950. The maximum absolute atomic E-state index is 12.5. The molecule has 0 N–H and O–H groups in total. The third-order valence-corrected chi connectivity index (χ3v) is 9.45. The van der Waals surface area contributed by atoms with Gasteiger partial charge < -0.3 is 14.4 Å². The summed E-state index contributed by atoms with van der Waals surface area (Å²) in [5, 5.41) is 0. The van der Waals surface area contributed by atoms with E-state index in [1.807, 2.05) is 0 Å². The Morgan fingerprint density at radius 1 is 0.500 bits per heavy atom. The number of ether oxygens (including phenoxy) is 2. The van der Waals surface area contributed by atoms with Gasteiger partial charge in [-0.1, -0.05) is 149 Å². The first-order valence-electron chi connectivity index (χ1n) is 20.2. The van der Waals surface area contributed by atoms with E-state index in [4.69, 9.17) is 21.1 Å². The third-order valence-electron chi connectivity index (χ3n) is 9.28. The van der Waals surface area contributed by atoms with Crippen molar-refractivity contribution in [2.45, 2.75) is 201 Å². The van der Waals surface area contributed by atoms with Crippen molar-refractivity contribution >= 4 is 23.5 Å². The number of hydrogen-bond acceptors (Lipinski definition) is 5. The molecular weight excluding hydrogens is 594 g/mol. The summed E-state index contributed by atoms with van der Waals surface area (Å²) in [4.78, 5) is 27.0. The molecular formula is C40H78ClNO4. The first kappa shape index (κ1) is 45.2. The Bertz CT molecular complexity index is 631. The molecule has 0 unspecified atom stereocenters. The molecule has 0 aromatic carbocycles. The van der Waals surface area contributed by atoms with Crippen LogP contribution in [-0.2, 0) is 19.1 Å². The van der Waals surface area contributed by atoms with Crippen molar-refractivity contribution in [3.8, 4) is 0 Å². The predicted octanol–water partition coefficient (Wildman–Crippen LogP) is 12.2. The minimum Gasteiger partial charge on any atom is -0.466 e. The number of alkyl halides is 1. The Balaban J connectivity index is 4.07. The second kappa shape index (κ2) is 37.0. The van der Waals surface area contributed by atoms with Crippen LogP contribution in [0.4, 0.5) is 0 Å². The number of carbonyl (C=O) groups is 2. The molecule has 0 aliphatic carbocycles. The summed E-state index contributed by atoms with van der Waals surface area (Å²) in [6, 6.07) is 0. The number of hydrogen-bond donors (Lipinski definition) is 0. The molecule has 0 aliphatic rings. The Morgan fingerprint density at radius 3 is 1.48 bits per heavy atom. The molecule has 274 valence electrons. The van der Waals surface area contributed by atoms with Gasteiger partial charge in [0.05, 0.1) is 13.2 Å². The van der Waals surface area contributed by atoms with Crippen molar-refractivity contribution in [1.29, 1.82) is 0 Å². The monoisotopic (exact) mass is 672 g/mol. The molecule has 0 rings (SSSR count). The molecule has 0 saturated heterocycles. The maximum atomic E-state index is 12.5. The van der Waals surface area contributed by atoms with E-state index in [2.05, 4.69) is 25.7 Å². The van der Waals surface area contributed by atoms with Gasteiger partial charge in [0.15, 0.2) is 0 Å². The lowest BCUT2D eigenvalue weighted by atomic mass is 9.94. The first-order chi connectivity index (χ1) is 22.6. The minimum absolute atomic E-state index is 0.0287. The van der Waals surface area contributed by atoms with E-state index in [0.717, 1.165) is 58.2 Å². The molecule has 0 radical (unpaired) electrons. The highest BCUT2D eigenvalue weighted by atomic mass is 35.5. The van der Waals surface area contributed by atoms with E-state index in [9.17, 15) is 9.59 Å². The average Bonchev–Trinajstić information content (AvgIpc) is 3.05. The van der Waals surface area contributed by atoms with Crippen molar-refractivity contribution in [1.82, 2.24) is 4.90 Å². The van der Waals surface area contributed by atoms with E-state index < -0.39 is 0 Å². The summed E-state index contributed by atoms with van der Waals surface area (Å²) in [6.07, 6.45) is 32.9. The lowest BCUT2D eigenvalue weighted by Crippen LogP contribution is -2.28. The molecule has 0 spiro atoms. The molecule has 0 aromatic heterocycles. The normalized spacial score (nSPS) is 11.5. The second-order valence-corrected chi connectivity index (χ2v) is 14.2. The highest BCUT2D eigenvalue weighted by Crippen LogP contribution is 2.20. The lowest BCUT2D eigenvalue weighted by molar-refractivity contribution is -0.145. The van der Waals surface area contributed by atoms with Crippen molar-refractivity contribution in [2.24, 2.45) is 5.92 Å². The second-order valence-electron chi connectivity index (χ2n) is 13.8. The number of carbonyl (C=O) groups excluding carboxylic acids is 2. The Hall–Kier alpha value is -0.810. The van der Waals surface area contributed by atoms with Crippen LogP contribution in [0.5, 0.6) is 0 Å². The van der Waals surface area contributed by atoms with Gasteiger partial charge in [0.1, 0.15) is 0 Å². The van der Waals surface area contributed by atoms with Gasteiger partial charge in [-0.3, -0.25) is 9.59 Å². The van der Waals surface area contributed by atoms with Crippen LogP contribution in [0.25, 0.3) is 0 Å². The standard InChI is InChI=1S/C40H78ClNO4/c1-4-7-10-13-16-17-20-26-36-45-39(43)31-27-34-42(35-32-41)33-25-21-24-30-40(44)46-37-38(28-22-18-14-11-8-5-2)29-23-19-15-12-9-6-3/h38H,4-37H2,1-3H3. The van der Waals surface area contributed by atoms with Crippen LogP contribution in [0.15, 0.2) is 0 Å². The molecule has 0 saturated carbocycles. The Morgan fingerprint density at radius 2 is 0.935 bits per heavy atom. The lowest BCUT2D eigenvalue weighted by Gasteiger charge is -2.21. The van der Waals surface area contributed by atoms with Gasteiger partial charge in [-0.15, -0.1) is 11.6 Å². The molecule has 0 atom stereocenters. The van der Waals surface area contributed by atoms with Crippen LogP contribution < -0.4 is 0 Å². The topological polar surface area (TPSA) is 55.8 Å². The summed E-state index contributed by atoms with van der Waals surface area (Å²) in [5.41, 5.74) is 0. The summed E-state index contributed by atoms with van der Waals surface area (Å²) in [6.45, 7) is 10.6. The van der Waals surface area contributed by atoms with Gasteiger partial charge in [-0.25, -0.2) is 0 Å². The molecule has 0 heterocycles. The first-order valence-corrected chi connectivity index (χ1v) is 20.7. The largest absolute Gasteiger partial charge is 0.466 e. The summed E-state index contributed by atoms with van der Waals surface area (Å²) in [5.74, 6) is 1.01. The van der Waals surface area contributed by atoms with Crippen molar-refractivity contribution in [2.75, 3.05) is 38.7 Å². The molecule has 5 nitrogen and oxygen atoms in total. The number of halogens is 1. The van der Waals surface area contributed by atoms with Crippen molar-refractivity contribution in [3.63, 3.8) is 0 Å². The van der Waals surface area contributed by atoms with Gasteiger partial charge >= 0.3 is 11.9 Å². The molecule has 0 bridgehead atoms. The van der Waals surface area contributed by atoms with Crippen molar-refractivity contribution in [3.05, 3.63) is 0 Å².